The molecule has 0 bridgehead atoms. The highest BCUT2D eigenvalue weighted by Crippen LogP contribution is 2.23. The largest absolute Gasteiger partial charge is 0.352 e. The molecule has 1 aromatic carbocycles. The average Bonchev–Trinajstić information content (AvgIpc) is 2.46. The molecule has 0 N–H and O–H groups in total. The van der Waals surface area contributed by atoms with Crippen molar-refractivity contribution >= 4 is 21.6 Å². The minimum absolute atomic E-state index is 0.224. The summed E-state index contributed by atoms with van der Waals surface area (Å²) in [5.74, 6) is 1.29. The van der Waals surface area contributed by atoms with E-state index < -0.39 is 9.84 Å². The topological polar surface area (TPSA) is 52.6 Å². The monoisotopic (exact) mass is 318 g/mol. The Balaban J connectivity index is 2.42. The first kappa shape index (κ1) is 17.5. The van der Waals surface area contributed by atoms with Crippen molar-refractivity contribution in [2.75, 3.05) is 31.5 Å². The first-order valence-corrected chi connectivity index (χ1v) is 9.32. The first-order chi connectivity index (χ1) is 9.52. The summed E-state index contributed by atoms with van der Waals surface area (Å²) in [4.78, 5) is 1.12. The molecular formula is C14H22O4S2. The molecule has 0 heterocycles. The third-order valence-electron chi connectivity index (χ3n) is 2.89. The van der Waals surface area contributed by atoms with Gasteiger partial charge in [0.05, 0.1) is 5.75 Å². The third-order valence-corrected chi connectivity index (χ3v) is 5.78. The molecule has 1 aromatic rings. The summed E-state index contributed by atoms with van der Waals surface area (Å²) in [6, 6.07) is 7.92. The fourth-order valence-corrected chi connectivity index (χ4v) is 3.61. The maximum absolute atomic E-state index is 11.4. The molecule has 0 aromatic heterocycles. The van der Waals surface area contributed by atoms with E-state index >= 15 is 0 Å². The van der Waals surface area contributed by atoms with Gasteiger partial charge in [0, 0.05) is 30.4 Å². The molecule has 0 aliphatic rings. The Kier molecular flexibility index (Phi) is 7.58. The Morgan fingerprint density at radius 1 is 1.15 bits per heavy atom. The molecule has 6 heteroatoms. The van der Waals surface area contributed by atoms with E-state index in [0.29, 0.717) is 6.42 Å². The van der Waals surface area contributed by atoms with Crippen LogP contribution in [-0.2, 0) is 19.3 Å². The molecule has 4 nitrogen and oxygen atoms in total. The highest BCUT2D eigenvalue weighted by atomic mass is 32.2. The van der Waals surface area contributed by atoms with Gasteiger partial charge in [-0.3, -0.25) is 0 Å². The number of methoxy groups -OCH3 is 2. The number of hydrogen-bond donors (Lipinski definition) is 0. The van der Waals surface area contributed by atoms with Gasteiger partial charge in [-0.05, 0) is 24.3 Å². The summed E-state index contributed by atoms with van der Waals surface area (Å²) >= 11 is 1.66. The van der Waals surface area contributed by atoms with E-state index in [2.05, 4.69) is 0 Å². The number of ether oxygens (including phenoxy) is 2. The van der Waals surface area contributed by atoms with Crippen molar-refractivity contribution in [3.8, 4) is 0 Å². The van der Waals surface area contributed by atoms with Gasteiger partial charge in [0.25, 0.3) is 0 Å². The average molecular weight is 318 g/mol. The van der Waals surface area contributed by atoms with Crippen molar-refractivity contribution in [3.63, 3.8) is 0 Å². The summed E-state index contributed by atoms with van der Waals surface area (Å²) in [6.45, 7) is 1.68. The maximum atomic E-state index is 11.4. The van der Waals surface area contributed by atoms with Crippen LogP contribution in [0, 0.1) is 0 Å². The highest BCUT2D eigenvalue weighted by molar-refractivity contribution is 7.99. The molecule has 0 saturated heterocycles. The SMILES string of the molecule is CCS(=O)(=O)CCCSc1ccc(C(OC)OC)cc1. The van der Waals surface area contributed by atoms with E-state index in [1.807, 2.05) is 24.3 Å². The van der Waals surface area contributed by atoms with Crippen molar-refractivity contribution in [3.05, 3.63) is 29.8 Å². The summed E-state index contributed by atoms with van der Waals surface area (Å²) < 4.78 is 33.1. The van der Waals surface area contributed by atoms with E-state index in [1.54, 1.807) is 32.9 Å². The van der Waals surface area contributed by atoms with Crippen molar-refractivity contribution in [2.24, 2.45) is 0 Å². The van der Waals surface area contributed by atoms with Gasteiger partial charge in [-0.1, -0.05) is 19.1 Å². The van der Waals surface area contributed by atoms with Crippen molar-refractivity contribution < 1.29 is 17.9 Å². The van der Waals surface area contributed by atoms with Crippen molar-refractivity contribution in [1.82, 2.24) is 0 Å². The molecule has 0 unspecified atom stereocenters. The lowest BCUT2D eigenvalue weighted by Crippen LogP contribution is -2.09. The molecule has 1 rings (SSSR count). The van der Waals surface area contributed by atoms with Gasteiger partial charge >= 0.3 is 0 Å². The summed E-state index contributed by atoms with van der Waals surface area (Å²) in [5, 5.41) is 0. The van der Waals surface area contributed by atoms with Crippen LogP contribution in [0.3, 0.4) is 0 Å². The van der Waals surface area contributed by atoms with Crippen LogP contribution in [0.5, 0.6) is 0 Å². The molecule has 0 spiro atoms. The van der Waals surface area contributed by atoms with Crippen molar-refractivity contribution in [2.45, 2.75) is 24.5 Å². The summed E-state index contributed by atoms with van der Waals surface area (Å²) in [7, 11) is 0.359. The Labute approximate surface area is 125 Å². The summed E-state index contributed by atoms with van der Waals surface area (Å²) in [5.41, 5.74) is 0.966. The van der Waals surface area contributed by atoms with E-state index in [1.165, 1.54) is 0 Å². The van der Waals surface area contributed by atoms with E-state index in [9.17, 15) is 8.42 Å². The lowest BCUT2D eigenvalue weighted by atomic mass is 10.2. The van der Waals surface area contributed by atoms with Crippen LogP contribution < -0.4 is 0 Å². The van der Waals surface area contributed by atoms with Gasteiger partial charge in [0.1, 0.15) is 9.84 Å². The van der Waals surface area contributed by atoms with Crippen LogP contribution in [-0.4, -0.2) is 39.9 Å². The zero-order valence-corrected chi connectivity index (χ0v) is 13.8. The highest BCUT2D eigenvalue weighted by Gasteiger charge is 2.09. The normalized spacial score (nSPS) is 12.0. The maximum Gasteiger partial charge on any atom is 0.183 e. The Morgan fingerprint density at radius 2 is 1.75 bits per heavy atom. The molecule has 0 aliphatic carbocycles. The van der Waals surface area contributed by atoms with Gasteiger partial charge in [0.15, 0.2) is 6.29 Å². The van der Waals surface area contributed by atoms with E-state index in [-0.39, 0.29) is 17.8 Å². The predicted molar refractivity (Wildman–Crippen MR) is 82.9 cm³/mol. The molecule has 20 heavy (non-hydrogen) atoms. The van der Waals surface area contributed by atoms with E-state index in [0.717, 1.165) is 16.2 Å². The van der Waals surface area contributed by atoms with Crippen LogP contribution >= 0.6 is 11.8 Å². The van der Waals surface area contributed by atoms with Crippen LogP contribution in [0.15, 0.2) is 29.2 Å². The Morgan fingerprint density at radius 3 is 2.25 bits per heavy atom. The zero-order chi connectivity index (χ0) is 15.0. The number of rotatable bonds is 9. The van der Waals surface area contributed by atoms with Gasteiger partial charge in [0.2, 0.25) is 0 Å². The Hall–Kier alpha value is -0.560. The second-order valence-corrected chi connectivity index (χ2v) is 7.95. The standard InChI is InChI=1S/C14H22O4S2/c1-4-20(15,16)11-5-10-19-13-8-6-12(7-9-13)14(17-2)18-3/h6-9,14H,4-5,10-11H2,1-3H3. The number of thioether (sulfide) groups is 1. The molecule has 0 aliphatic heterocycles. The first-order valence-electron chi connectivity index (χ1n) is 6.51. The van der Waals surface area contributed by atoms with Crippen LogP contribution in [0.25, 0.3) is 0 Å². The fraction of sp³-hybridized carbons (Fsp3) is 0.571. The van der Waals surface area contributed by atoms with Gasteiger partial charge in [-0.15, -0.1) is 11.8 Å². The number of sulfone groups is 1. The van der Waals surface area contributed by atoms with Gasteiger partial charge in [-0.25, -0.2) is 8.42 Å². The minimum atomic E-state index is -2.85. The number of hydrogen-bond acceptors (Lipinski definition) is 5. The minimum Gasteiger partial charge on any atom is -0.352 e. The molecule has 114 valence electrons. The van der Waals surface area contributed by atoms with Crippen LogP contribution in [0.1, 0.15) is 25.2 Å². The third kappa shape index (κ3) is 5.83. The predicted octanol–water partition coefficient (Wildman–Crippen LogP) is 2.89. The van der Waals surface area contributed by atoms with Crippen molar-refractivity contribution in [1.29, 1.82) is 0 Å². The van der Waals surface area contributed by atoms with Crippen LogP contribution in [0.4, 0.5) is 0 Å². The fourth-order valence-electron chi connectivity index (χ4n) is 1.70. The van der Waals surface area contributed by atoms with E-state index in [4.69, 9.17) is 9.47 Å². The second-order valence-electron chi connectivity index (χ2n) is 4.31. The van der Waals surface area contributed by atoms with Gasteiger partial charge in [-0.2, -0.15) is 0 Å². The molecule has 0 radical (unpaired) electrons. The summed E-state index contributed by atoms with van der Waals surface area (Å²) in [6.07, 6.45) is 0.338. The lowest BCUT2D eigenvalue weighted by Gasteiger charge is -2.13. The smallest absolute Gasteiger partial charge is 0.183 e. The quantitative estimate of drug-likeness (QED) is 0.398. The lowest BCUT2D eigenvalue weighted by molar-refractivity contribution is -0.106. The Bertz CT molecular complexity index is 478. The molecule has 0 amide bonds. The molecular weight excluding hydrogens is 296 g/mol. The second kappa shape index (κ2) is 8.67. The van der Waals surface area contributed by atoms with Crippen LogP contribution in [0.2, 0.25) is 0 Å². The number of benzene rings is 1. The molecule has 0 saturated carbocycles. The molecule has 0 fully saturated rings. The zero-order valence-electron chi connectivity index (χ0n) is 12.2. The van der Waals surface area contributed by atoms with Gasteiger partial charge < -0.3 is 9.47 Å². The molecule has 0 atom stereocenters.